The first-order valence-corrected chi connectivity index (χ1v) is 8.39. The summed E-state index contributed by atoms with van der Waals surface area (Å²) in [6, 6.07) is 10.8. The van der Waals surface area contributed by atoms with Crippen LogP contribution >= 0.6 is 0 Å². The Morgan fingerprint density at radius 3 is 2.81 bits per heavy atom. The first kappa shape index (κ1) is 16.7. The summed E-state index contributed by atoms with van der Waals surface area (Å²) in [5, 5.41) is 12.5. The molecular formula is C20H16N4O3. The summed E-state index contributed by atoms with van der Waals surface area (Å²) < 4.78 is 11.2. The molecule has 27 heavy (non-hydrogen) atoms. The Labute approximate surface area is 155 Å². The van der Waals surface area contributed by atoms with E-state index >= 15 is 0 Å². The van der Waals surface area contributed by atoms with Crippen molar-refractivity contribution in [3.05, 3.63) is 60.3 Å². The van der Waals surface area contributed by atoms with Crippen molar-refractivity contribution in [2.24, 2.45) is 0 Å². The number of nitriles is 1. The van der Waals surface area contributed by atoms with Gasteiger partial charge < -0.3 is 19.4 Å². The SMILES string of the molecule is CC1=CNC(=O)C(C)N1c1ccc(Oc2nccc3occ(C#N)c23)cc1. The van der Waals surface area contributed by atoms with Gasteiger partial charge in [-0.1, -0.05) is 0 Å². The fraction of sp³-hybridized carbons (Fsp3) is 0.150. The third-order valence-corrected chi connectivity index (χ3v) is 4.47. The van der Waals surface area contributed by atoms with E-state index < -0.39 is 0 Å². The number of amides is 1. The van der Waals surface area contributed by atoms with Crippen LogP contribution in [-0.4, -0.2) is 16.9 Å². The van der Waals surface area contributed by atoms with Crippen LogP contribution in [0.4, 0.5) is 5.69 Å². The molecule has 1 atom stereocenters. The molecule has 1 N–H and O–H groups in total. The number of rotatable bonds is 3. The third kappa shape index (κ3) is 2.87. The molecule has 4 rings (SSSR count). The van der Waals surface area contributed by atoms with E-state index in [0.717, 1.165) is 11.4 Å². The van der Waals surface area contributed by atoms with Gasteiger partial charge in [0, 0.05) is 29.8 Å². The molecule has 3 heterocycles. The fourth-order valence-electron chi connectivity index (χ4n) is 3.12. The second-order valence-corrected chi connectivity index (χ2v) is 6.19. The number of fused-ring (bicyclic) bond motifs is 1. The van der Waals surface area contributed by atoms with Crippen LogP contribution in [0.3, 0.4) is 0 Å². The molecular weight excluding hydrogens is 344 g/mol. The summed E-state index contributed by atoms with van der Waals surface area (Å²) in [5.74, 6) is 0.827. The van der Waals surface area contributed by atoms with E-state index in [2.05, 4.69) is 16.4 Å². The molecule has 1 aliphatic heterocycles. The molecule has 1 amide bonds. The van der Waals surface area contributed by atoms with Gasteiger partial charge >= 0.3 is 0 Å². The van der Waals surface area contributed by atoms with Crippen molar-refractivity contribution < 1.29 is 13.9 Å². The summed E-state index contributed by atoms with van der Waals surface area (Å²) in [6.45, 7) is 3.79. The van der Waals surface area contributed by atoms with Gasteiger partial charge in [-0.3, -0.25) is 4.79 Å². The van der Waals surface area contributed by atoms with Crippen LogP contribution in [0.2, 0.25) is 0 Å². The molecule has 1 unspecified atom stereocenters. The number of pyridine rings is 1. The maximum Gasteiger partial charge on any atom is 0.246 e. The lowest BCUT2D eigenvalue weighted by Crippen LogP contribution is -2.47. The van der Waals surface area contributed by atoms with Gasteiger partial charge in [0.15, 0.2) is 0 Å². The number of benzene rings is 1. The summed E-state index contributed by atoms with van der Waals surface area (Å²) in [5.41, 5.74) is 2.74. The highest BCUT2D eigenvalue weighted by Gasteiger charge is 2.26. The average Bonchev–Trinajstić information content (AvgIpc) is 3.11. The summed E-state index contributed by atoms with van der Waals surface area (Å²) in [7, 11) is 0. The van der Waals surface area contributed by atoms with Gasteiger partial charge in [0.2, 0.25) is 11.8 Å². The quantitative estimate of drug-likeness (QED) is 0.766. The Kier molecular flexibility index (Phi) is 4.01. The molecule has 3 aromatic rings. The highest BCUT2D eigenvalue weighted by molar-refractivity contribution is 5.89. The number of aromatic nitrogens is 1. The molecule has 0 saturated heterocycles. The zero-order valence-corrected chi connectivity index (χ0v) is 14.8. The van der Waals surface area contributed by atoms with Gasteiger partial charge in [-0.25, -0.2) is 4.98 Å². The maximum absolute atomic E-state index is 11.9. The van der Waals surface area contributed by atoms with Gasteiger partial charge in [-0.2, -0.15) is 5.26 Å². The van der Waals surface area contributed by atoms with E-state index in [4.69, 9.17) is 9.15 Å². The van der Waals surface area contributed by atoms with Crippen LogP contribution in [0.1, 0.15) is 19.4 Å². The van der Waals surface area contributed by atoms with Crippen LogP contribution in [0.5, 0.6) is 11.6 Å². The highest BCUT2D eigenvalue weighted by atomic mass is 16.5. The van der Waals surface area contributed by atoms with Gasteiger partial charge in [0.05, 0.1) is 0 Å². The molecule has 0 radical (unpaired) electrons. The maximum atomic E-state index is 11.9. The van der Waals surface area contributed by atoms with E-state index in [1.807, 2.05) is 30.9 Å². The van der Waals surface area contributed by atoms with Crippen molar-refractivity contribution in [2.45, 2.75) is 19.9 Å². The van der Waals surface area contributed by atoms with Crippen LogP contribution in [0.15, 0.2) is 59.1 Å². The molecule has 0 fully saturated rings. The standard InChI is InChI=1S/C20H16N4O3/c1-12-10-23-19(25)13(2)24(12)15-3-5-16(6-4-15)27-20-18-14(9-21)11-26-17(18)7-8-22-20/h3-8,10-11,13H,1-2H3,(H,23,25). The summed E-state index contributed by atoms with van der Waals surface area (Å²) >= 11 is 0. The van der Waals surface area contributed by atoms with Crippen LogP contribution in [0.25, 0.3) is 11.0 Å². The number of nitrogens with zero attached hydrogens (tertiary/aromatic N) is 3. The lowest BCUT2D eigenvalue weighted by atomic mass is 10.1. The number of nitrogens with one attached hydrogen (secondary N) is 1. The van der Waals surface area contributed by atoms with E-state index in [9.17, 15) is 10.1 Å². The van der Waals surface area contributed by atoms with Crippen molar-refractivity contribution in [1.29, 1.82) is 5.26 Å². The molecule has 7 nitrogen and oxygen atoms in total. The number of allylic oxidation sites excluding steroid dienone is 1. The second kappa shape index (κ2) is 6.50. The van der Waals surface area contributed by atoms with Crippen LogP contribution < -0.4 is 15.0 Å². The van der Waals surface area contributed by atoms with Crippen molar-refractivity contribution in [3.8, 4) is 17.7 Å². The predicted molar refractivity (Wildman–Crippen MR) is 99.1 cm³/mol. The largest absolute Gasteiger partial charge is 0.463 e. The lowest BCUT2D eigenvalue weighted by molar-refractivity contribution is -0.121. The zero-order valence-electron chi connectivity index (χ0n) is 14.8. The van der Waals surface area contributed by atoms with E-state index in [1.165, 1.54) is 6.26 Å². The van der Waals surface area contributed by atoms with Crippen molar-refractivity contribution in [2.75, 3.05) is 4.90 Å². The van der Waals surface area contributed by atoms with Gasteiger partial charge in [0.1, 0.15) is 40.7 Å². The van der Waals surface area contributed by atoms with Crippen LogP contribution in [0, 0.1) is 11.3 Å². The number of hydrogen-bond donors (Lipinski definition) is 1. The smallest absolute Gasteiger partial charge is 0.246 e. The van der Waals surface area contributed by atoms with Gasteiger partial charge in [0.25, 0.3) is 0 Å². The minimum atomic E-state index is -0.304. The zero-order chi connectivity index (χ0) is 19.0. The molecule has 0 saturated carbocycles. The average molecular weight is 360 g/mol. The van der Waals surface area contributed by atoms with E-state index in [0.29, 0.717) is 28.2 Å². The predicted octanol–water partition coefficient (Wildman–Crippen LogP) is 3.68. The van der Waals surface area contributed by atoms with E-state index in [1.54, 1.807) is 30.6 Å². The minimum Gasteiger partial charge on any atom is -0.463 e. The Morgan fingerprint density at radius 1 is 1.30 bits per heavy atom. The Morgan fingerprint density at radius 2 is 2.07 bits per heavy atom. The normalized spacial score (nSPS) is 16.6. The first-order chi connectivity index (χ1) is 13.1. The molecule has 134 valence electrons. The number of furan rings is 1. The van der Waals surface area contributed by atoms with E-state index in [-0.39, 0.29) is 11.9 Å². The third-order valence-electron chi connectivity index (χ3n) is 4.47. The molecule has 1 aliphatic rings. The molecule has 0 aliphatic carbocycles. The Hall–Kier alpha value is -3.79. The topological polar surface area (TPSA) is 91.4 Å². The number of carbonyl (C=O) groups excluding carboxylic acids is 1. The first-order valence-electron chi connectivity index (χ1n) is 8.39. The molecule has 1 aromatic carbocycles. The summed E-state index contributed by atoms with van der Waals surface area (Å²) in [4.78, 5) is 18.1. The van der Waals surface area contributed by atoms with Crippen molar-refractivity contribution >= 4 is 22.6 Å². The highest BCUT2D eigenvalue weighted by Crippen LogP contribution is 2.33. The monoisotopic (exact) mass is 360 g/mol. The fourth-order valence-corrected chi connectivity index (χ4v) is 3.12. The van der Waals surface area contributed by atoms with Crippen molar-refractivity contribution in [1.82, 2.24) is 10.3 Å². The van der Waals surface area contributed by atoms with Gasteiger partial charge in [-0.15, -0.1) is 0 Å². The van der Waals surface area contributed by atoms with Crippen LogP contribution in [-0.2, 0) is 4.79 Å². The number of hydrogen-bond acceptors (Lipinski definition) is 6. The summed E-state index contributed by atoms with van der Waals surface area (Å²) in [6.07, 6.45) is 4.65. The van der Waals surface area contributed by atoms with Crippen molar-refractivity contribution in [3.63, 3.8) is 0 Å². The molecule has 7 heteroatoms. The molecule has 0 spiro atoms. The number of anilines is 1. The molecule has 0 bridgehead atoms. The number of ether oxygens (including phenoxy) is 1. The lowest BCUT2D eigenvalue weighted by Gasteiger charge is -2.34. The van der Waals surface area contributed by atoms with Gasteiger partial charge in [-0.05, 0) is 38.1 Å². The molecule has 2 aromatic heterocycles. The second-order valence-electron chi connectivity index (χ2n) is 6.19. The minimum absolute atomic E-state index is 0.0548. The Balaban J connectivity index is 1.64. The number of carbonyl (C=O) groups is 1. The Bertz CT molecular complexity index is 1090.